The highest BCUT2D eigenvalue weighted by Crippen LogP contribution is 2.40. The van der Waals surface area contributed by atoms with E-state index in [0.29, 0.717) is 36.1 Å². The van der Waals surface area contributed by atoms with Crippen LogP contribution >= 0.6 is 56.8 Å². The summed E-state index contributed by atoms with van der Waals surface area (Å²) in [6.45, 7) is 3.14. The summed E-state index contributed by atoms with van der Waals surface area (Å²) in [7, 11) is 1.60. The van der Waals surface area contributed by atoms with Gasteiger partial charge in [-0.3, -0.25) is 4.79 Å². The van der Waals surface area contributed by atoms with Gasteiger partial charge in [0.1, 0.15) is 6.61 Å². The fourth-order valence-corrected chi connectivity index (χ4v) is 6.33. The average molecular weight is 701 g/mol. The number of halogens is 3. The molecule has 0 radical (unpaired) electrons. The first-order valence-electron chi connectivity index (χ1n) is 11.0. The second kappa shape index (κ2) is 9.73. The number of amides is 1. The Morgan fingerprint density at radius 2 is 1.91 bits per heavy atom. The van der Waals surface area contributed by atoms with Crippen LogP contribution in [0.4, 0.5) is 11.4 Å². The van der Waals surface area contributed by atoms with Crippen LogP contribution in [0.15, 0.2) is 42.5 Å². The summed E-state index contributed by atoms with van der Waals surface area (Å²) < 4.78 is 14.2. The molecule has 0 unspecified atom stereocenters. The molecule has 0 fully saturated rings. The molecule has 0 bridgehead atoms. The number of nitrogens with one attached hydrogen (secondary N) is 1. The van der Waals surface area contributed by atoms with Crippen LogP contribution in [0.3, 0.4) is 0 Å². The summed E-state index contributed by atoms with van der Waals surface area (Å²) in [5, 5.41) is 3.48. The fraction of sp³-hybridized carbons (Fsp3) is 0.269. The quantitative estimate of drug-likeness (QED) is 0.243. The maximum absolute atomic E-state index is 13.6. The van der Waals surface area contributed by atoms with Gasteiger partial charge in [-0.2, -0.15) is 0 Å². The second-order valence-electron chi connectivity index (χ2n) is 8.46. The molecule has 0 aromatic heterocycles. The number of carbonyl (C=O) groups excluding carboxylic acids is 1. The van der Waals surface area contributed by atoms with E-state index in [1.807, 2.05) is 29.2 Å². The van der Waals surface area contributed by atoms with Gasteiger partial charge < -0.3 is 19.7 Å². The van der Waals surface area contributed by atoms with Crippen LogP contribution in [0.1, 0.15) is 32.6 Å². The summed E-state index contributed by atoms with van der Waals surface area (Å²) >= 11 is 10.9. The van der Waals surface area contributed by atoms with Crippen LogP contribution in [0.25, 0.3) is 0 Å². The van der Waals surface area contributed by atoms with Gasteiger partial charge in [-0.25, -0.2) is 0 Å². The Kier molecular flexibility index (Phi) is 6.87. The van der Waals surface area contributed by atoms with E-state index in [-0.39, 0.29) is 11.9 Å². The largest absolute Gasteiger partial charge is 0.493 e. The number of fused-ring (bicyclic) bond motifs is 4. The summed E-state index contributed by atoms with van der Waals surface area (Å²) in [4.78, 5) is 15.5. The number of benzene rings is 3. The van der Waals surface area contributed by atoms with Crippen LogP contribution in [0.2, 0.25) is 0 Å². The van der Waals surface area contributed by atoms with Crippen molar-refractivity contribution in [2.24, 2.45) is 0 Å². The van der Waals surface area contributed by atoms with Gasteiger partial charge in [-0.15, -0.1) is 11.6 Å². The summed E-state index contributed by atoms with van der Waals surface area (Å²) in [5.74, 6) is 1.58. The van der Waals surface area contributed by atoms with Crippen molar-refractivity contribution in [3.8, 4) is 11.5 Å². The van der Waals surface area contributed by atoms with Crippen molar-refractivity contribution in [3.63, 3.8) is 0 Å². The molecule has 2 aliphatic rings. The monoisotopic (exact) mass is 700 g/mol. The van der Waals surface area contributed by atoms with Crippen molar-refractivity contribution in [3.05, 3.63) is 77.4 Å². The molecule has 176 valence electrons. The van der Waals surface area contributed by atoms with Crippen molar-refractivity contribution in [2.45, 2.75) is 31.9 Å². The van der Waals surface area contributed by atoms with Gasteiger partial charge in [0.05, 0.1) is 24.4 Å². The third kappa shape index (κ3) is 4.13. The van der Waals surface area contributed by atoms with Crippen LogP contribution in [0.5, 0.6) is 11.5 Å². The van der Waals surface area contributed by atoms with Gasteiger partial charge in [0.25, 0.3) is 5.91 Å². The van der Waals surface area contributed by atoms with Crippen molar-refractivity contribution < 1.29 is 14.3 Å². The Bertz CT molecular complexity index is 1300. The third-order valence-electron chi connectivity index (χ3n) is 6.51. The molecule has 5 nitrogen and oxygen atoms in total. The van der Waals surface area contributed by atoms with E-state index in [2.05, 4.69) is 69.6 Å². The van der Waals surface area contributed by atoms with E-state index in [1.165, 1.54) is 14.7 Å². The molecule has 1 amide bonds. The summed E-state index contributed by atoms with van der Waals surface area (Å²) in [6.07, 6.45) is 0.844. The zero-order valence-corrected chi connectivity index (χ0v) is 23.8. The molecule has 34 heavy (non-hydrogen) atoms. The normalized spacial score (nSPS) is 16.3. The molecule has 0 saturated carbocycles. The maximum atomic E-state index is 13.6. The highest BCUT2D eigenvalue weighted by Gasteiger charge is 2.37. The molecule has 1 N–H and O–H groups in total. The van der Waals surface area contributed by atoms with E-state index >= 15 is 0 Å². The second-order valence-corrected chi connectivity index (χ2v) is 10.9. The minimum absolute atomic E-state index is 0.0193. The molecule has 0 spiro atoms. The SMILES string of the molecule is COc1cc2c(cc1OCc1cc(CCl)c(C)c(I)c1I)NC[C@@H]1Cc3ccccc3N1C2=O. The highest BCUT2D eigenvalue weighted by molar-refractivity contribution is 14.1. The number of nitrogens with zero attached hydrogens (tertiary/aromatic N) is 1. The third-order valence-corrected chi connectivity index (χ3v) is 10.4. The number of rotatable bonds is 5. The van der Waals surface area contributed by atoms with E-state index in [1.54, 1.807) is 13.2 Å². The number of anilines is 2. The Morgan fingerprint density at radius 3 is 2.68 bits per heavy atom. The first-order valence-corrected chi connectivity index (χ1v) is 13.6. The first kappa shape index (κ1) is 24.0. The van der Waals surface area contributed by atoms with Crippen molar-refractivity contribution in [1.82, 2.24) is 0 Å². The van der Waals surface area contributed by atoms with Crippen molar-refractivity contribution >= 4 is 74.1 Å². The van der Waals surface area contributed by atoms with Crippen LogP contribution in [-0.4, -0.2) is 25.6 Å². The number of hydrogen-bond acceptors (Lipinski definition) is 4. The molecule has 2 heterocycles. The molecule has 5 rings (SSSR count). The number of carbonyl (C=O) groups is 1. The van der Waals surface area contributed by atoms with Gasteiger partial charge >= 0.3 is 0 Å². The van der Waals surface area contributed by atoms with Crippen molar-refractivity contribution in [1.29, 1.82) is 0 Å². The Hall–Kier alpha value is -1.72. The van der Waals surface area contributed by atoms with E-state index in [4.69, 9.17) is 21.1 Å². The Morgan fingerprint density at radius 1 is 1.12 bits per heavy atom. The lowest BCUT2D eigenvalue weighted by Gasteiger charge is -2.22. The fourth-order valence-electron chi connectivity index (χ4n) is 4.64. The number of methoxy groups -OCH3 is 1. The molecular weight excluding hydrogens is 678 g/mol. The highest BCUT2D eigenvalue weighted by atomic mass is 127. The lowest BCUT2D eigenvalue weighted by molar-refractivity contribution is 0.0983. The van der Waals surface area contributed by atoms with Gasteiger partial charge in [0.15, 0.2) is 11.5 Å². The van der Waals surface area contributed by atoms with Gasteiger partial charge in [0, 0.05) is 36.9 Å². The maximum Gasteiger partial charge on any atom is 0.260 e. The number of para-hydroxylation sites is 1. The van der Waals surface area contributed by atoms with Gasteiger partial charge in [-0.05, 0) is 93.4 Å². The number of ether oxygens (including phenoxy) is 2. The van der Waals surface area contributed by atoms with Crippen LogP contribution < -0.4 is 19.7 Å². The Balaban J connectivity index is 1.47. The molecule has 2 aliphatic heterocycles. The molecule has 0 aliphatic carbocycles. The Labute approximate surface area is 231 Å². The number of alkyl halides is 1. The molecule has 1 atom stereocenters. The molecule has 3 aromatic carbocycles. The lowest BCUT2D eigenvalue weighted by atomic mass is 10.1. The predicted octanol–water partition coefficient (Wildman–Crippen LogP) is 6.53. The zero-order chi connectivity index (χ0) is 24.0. The van der Waals surface area contributed by atoms with Crippen LogP contribution in [0, 0.1) is 14.1 Å². The standard InChI is InChI=1S/C26H23ClI2N2O3/c1-14-16(11-27)7-17(25(29)24(14)28)13-34-23-10-20-19(9-22(23)33-2)26(32)31-18(12-30-20)8-15-5-3-4-6-21(15)31/h3-7,9-10,18,30H,8,11-13H2,1-2H3/t18-/m0/s1. The molecule has 0 saturated heterocycles. The minimum atomic E-state index is -0.0193. The topological polar surface area (TPSA) is 50.8 Å². The van der Waals surface area contributed by atoms with Crippen LogP contribution in [-0.2, 0) is 18.9 Å². The summed E-state index contributed by atoms with van der Waals surface area (Å²) in [6, 6.07) is 14.0. The molecular formula is C26H23ClI2N2O3. The van der Waals surface area contributed by atoms with E-state index in [9.17, 15) is 4.79 Å². The number of hydrogen-bond donors (Lipinski definition) is 1. The lowest BCUT2D eigenvalue weighted by Crippen LogP contribution is -2.39. The first-order chi connectivity index (χ1) is 16.4. The predicted molar refractivity (Wildman–Crippen MR) is 153 cm³/mol. The zero-order valence-electron chi connectivity index (χ0n) is 18.8. The molecule has 8 heteroatoms. The smallest absolute Gasteiger partial charge is 0.260 e. The van der Waals surface area contributed by atoms with E-state index in [0.717, 1.165) is 32.5 Å². The molecule has 3 aromatic rings. The minimum Gasteiger partial charge on any atom is -0.493 e. The van der Waals surface area contributed by atoms with Crippen molar-refractivity contribution in [2.75, 3.05) is 23.9 Å². The summed E-state index contributed by atoms with van der Waals surface area (Å²) in [5.41, 5.74) is 6.93. The van der Waals surface area contributed by atoms with Gasteiger partial charge in [-0.1, -0.05) is 18.2 Å². The average Bonchev–Trinajstić information content (AvgIpc) is 3.17. The van der Waals surface area contributed by atoms with Gasteiger partial charge in [0.2, 0.25) is 0 Å². The van der Waals surface area contributed by atoms with E-state index < -0.39 is 0 Å².